The number of hydrogen-bond donors (Lipinski definition) is 1. The van der Waals surface area contributed by atoms with E-state index >= 15 is 0 Å². The van der Waals surface area contributed by atoms with Gasteiger partial charge in [0.2, 0.25) is 10.0 Å². The summed E-state index contributed by atoms with van der Waals surface area (Å²) in [6, 6.07) is 7.90. The number of halogens is 1. The van der Waals surface area contributed by atoms with Crippen LogP contribution in [0, 0.1) is 6.92 Å². The van der Waals surface area contributed by atoms with Gasteiger partial charge in [0.25, 0.3) is 0 Å². The second kappa shape index (κ2) is 6.89. The molecular formula is C14H23ClN2O2S. The van der Waals surface area contributed by atoms with Gasteiger partial charge in [0, 0.05) is 25.2 Å². The van der Waals surface area contributed by atoms with E-state index in [-0.39, 0.29) is 30.2 Å². The van der Waals surface area contributed by atoms with E-state index in [9.17, 15) is 8.42 Å². The second-order valence-electron chi connectivity index (χ2n) is 5.34. The molecule has 1 aromatic rings. The highest BCUT2D eigenvalue weighted by molar-refractivity contribution is 7.88. The van der Waals surface area contributed by atoms with E-state index in [0.717, 1.165) is 17.7 Å². The summed E-state index contributed by atoms with van der Waals surface area (Å²) in [5.41, 5.74) is 1.95. The fourth-order valence-corrected chi connectivity index (χ4v) is 4.34. The summed E-state index contributed by atoms with van der Waals surface area (Å²) in [5, 5.41) is 3.30. The van der Waals surface area contributed by atoms with Crippen LogP contribution in [0.4, 0.5) is 0 Å². The van der Waals surface area contributed by atoms with Gasteiger partial charge in [-0.25, -0.2) is 8.42 Å². The fourth-order valence-electron chi connectivity index (χ4n) is 2.51. The lowest BCUT2D eigenvalue weighted by Gasteiger charge is -2.37. The molecule has 0 aliphatic carbocycles. The molecule has 2 atom stereocenters. The van der Waals surface area contributed by atoms with E-state index < -0.39 is 10.0 Å². The molecule has 1 saturated heterocycles. The smallest absolute Gasteiger partial charge is 0.218 e. The Morgan fingerprint density at radius 1 is 1.35 bits per heavy atom. The highest BCUT2D eigenvalue weighted by atomic mass is 35.5. The van der Waals surface area contributed by atoms with Gasteiger partial charge >= 0.3 is 0 Å². The van der Waals surface area contributed by atoms with E-state index in [4.69, 9.17) is 0 Å². The summed E-state index contributed by atoms with van der Waals surface area (Å²) in [6.45, 7) is 7.24. The summed E-state index contributed by atoms with van der Waals surface area (Å²) in [7, 11) is -3.24. The van der Waals surface area contributed by atoms with Crippen LogP contribution in [-0.4, -0.2) is 37.9 Å². The molecule has 1 fully saturated rings. The number of nitrogens with one attached hydrogen (secondary N) is 1. The van der Waals surface area contributed by atoms with E-state index in [1.165, 1.54) is 0 Å². The third-order valence-electron chi connectivity index (χ3n) is 3.77. The minimum absolute atomic E-state index is 0. The molecule has 6 heteroatoms. The van der Waals surface area contributed by atoms with Crippen molar-refractivity contribution in [3.05, 3.63) is 35.4 Å². The average Bonchev–Trinajstić information content (AvgIpc) is 2.32. The first kappa shape index (κ1) is 17.4. The van der Waals surface area contributed by atoms with Gasteiger partial charge in [0.1, 0.15) is 0 Å². The largest absolute Gasteiger partial charge is 0.311 e. The first-order valence-corrected chi connectivity index (χ1v) is 8.29. The van der Waals surface area contributed by atoms with Crippen molar-refractivity contribution in [2.45, 2.75) is 38.6 Å². The Bertz CT molecular complexity index is 548. The van der Waals surface area contributed by atoms with Gasteiger partial charge < -0.3 is 5.32 Å². The standard InChI is InChI=1S/C14H22N2O2S.ClH/c1-11-5-4-6-14(9-11)10-19(17,18)16-8-7-15-12(2)13(16)3;/h4-6,9,12-13,15H,7-8,10H2,1-3H3;1H. The van der Waals surface area contributed by atoms with Crippen molar-refractivity contribution in [2.24, 2.45) is 0 Å². The van der Waals surface area contributed by atoms with E-state index in [1.807, 2.05) is 45.0 Å². The predicted octanol–water partition coefficient (Wildman–Crippen LogP) is 1.93. The van der Waals surface area contributed by atoms with Crippen molar-refractivity contribution in [1.29, 1.82) is 0 Å². The first-order chi connectivity index (χ1) is 8.90. The molecule has 4 nitrogen and oxygen atoms in total. The molecule has 2 unspecified atom stereocenters. The van der Waals surface area contributed by atoms with E-state index in [0.29, 0.717) is 6.54 Å². The van der Waals surface area contributed by atoms with Crippen LogP contribution in [0.2, 0.25) is 0 Å². The van der Waals surface area contributed by atoms with Crippen LogP contribution in [0.25, 0.3) is 0 Å². The number of rotatable bonds is 3. The fraction of sp³-hybridized carbons (Fsp3) is 0.571. The van der Waals surface area contributed by atoms with Gasteiger partial charge in [-0.15, -0.1) is 12.4 Å². The van der Waals surface area contributed by atoms with Crippen molar-refractivity contribution in [3.8, 4) is 0 Å². The average molecular weight is 319 g/mol. The molecule has 2 rings (SSSR count). The Balaban J connectivity index is 0.00000200. The van der Waals surface area contributed by atoms with Crippen LogP contribution in [0.1, 0.15) is 25.0 Å². The van der Waals surface area contributed by atoms with Crippen molar-refractivity contribution in [1.82, 2.24) is 9.62 Å². The van der Waals surface area contributed by atoms with Crippen LogP contribution in [0.3, 0.4) is 0 Å². The molecule has 20 heavy (non-hydrogen) atoms. The van der Waals surface area contributed by atoms with Crippen molar-refractivity contribution >= 4 is 22.4 Å². The molecule has 0 bridgehead atoms. The Morgan fingerprint density at radius 2 is 2.05 bits per heavy atom. The monoisotopic (exact) mass is 318 g/mol. The third kappa shape index (κ3) is 3.95. The zero-order valence-corrected chi connectivity index (χ0v) is 13.8. The molecule has 1 N–H and O–H groups in total. The van der Waals surface area contributed by atoms with E-state index in [2.05, 4.69) is 5.32 Å². The van der Waals surface area contributed by atoms with E-state index in [1.54, 1.807) is 4.31 Å². The van der Waals surface area contributed by atoms with Gasteiger partial charge in [-0.3, -0.25) is 0 Å². The number of hydrogen-bond acceptors (Lipinski definition) is 3. The van der Waals surface area contributed by atoms with Crippen LogP contribution in [-0.2, 0) is 15.8 Å². The Kier molecular flexibility index (Phi) is 6.01. The lowest BCUT2D eigenvalue weighted by Crippen LogP contribution is -2.57. The molecule has 114 valence electrons. The van der Waals surface area contributed by atoms with Crippen LogP contribution >= 0.6 is 12.4 Å². The summed E-state index contributed by atoms with van der Waals surface area (Å²) in [4.78, 5) is 0. The summed E-state index contributed by atoms with van der Waals surface area (Å²) in [5.74, 6) is 0.0890. The minimum Gasteiger partial charge on any atom is -0.311 e. The number of sulfonamides is 1. The zero-order chi connectivity index (χ0) is 14.0. The highest BCUT2D eigenvalue weighted by Gasteiger charge is 2.33. The summed E-state index contributed by atoms with van der Waals surface area (Å²) >= 11 is 0. The normalized spacial score (nSPS) is 24.1. The van der Waals surface area contributed by atoms with Crippen LogP contribution < -0.4 is 5.32 Å². The zero-order valence-electron chi connectivity index (χ0n) is 12.2. The van der Waals surface area contributed by atoms with Gasteiger partial charge in [0.15, 0.2) is 0 Å². The number of aryl methyl sites for hydroxylation is 1. The molecule has 1 aromatic carbocycles. The van der Waals surface area contributed by atoms with Gasteiger partial charge in [-0.2, -0.15) is 4.31 Å². The quantitative estimate of drug-likeness (QED) is 0.926. The summed E-state index contributed by atoms with van der Waals surface area (Å²) < 4.78 is 26.7. The number of piperazine rings is 1. The molecule has 0 spiro atoms. The topological polar surface area (TPSA) is 49.4 Å². The predicted molar refractivity (Wildman–Crippen MR) is 84.7 cm³/mol. The van der Waals surface area contributed by atoms with Crippen molar-refractivity contribution in [3.63, 3.8) is 0 Å². The Morgan fingerprint density at radius 3 is 2.70 bits per heavy atom. The third-order valence-corrected chi connectivity index (χ3v) is 5.69. The maximum Gasteiger partial charge on any atom is 0.218 e. The maximum absolute atomic E-state index is 12.5. The number of nitrogens with zero attached hydrogens (tertiary/aromatic N) is 1. The molecule has 0 radical (unpaired) electrons. The molecule has 0 amide bonds. The second-order valence-corrected chi connectivity index (χ2v) is 7.26. The van der Waals surface area contributed by atoms with Crippen LogP contribution in [0.15, 0.2) is 24.3 Å². The highest BCUT2D eigenvalue weighted by Crippen LogP contribution is 2.18. The van der Waals surface area contributed by atoms with Gasteiger partial charge in [-0.1, -0.05) is 29.8 Å². The number of benzene rings is 1. The van der Waals surface area contributed by atoms with Crippen molar-refractivity contribution in [2.75, 3.05) is 13.1 Å². The Labute approximate surface area is 128 Å². The van der Waals surface area contributed by atoms with Crippen LogP contribution in [0.5, 0.6) is 0 Å². The molecule has 1 aliphatic rings. The molecule has 1 aliphatic heterocycles. The van der Waals surface area contributed by atoms with Gasteiger partial charge in [0.05, 0.1) is 5.75 Å². The molecular weight excluding hydrogens is 296 g/mol. The Hall–Kier alpha value is -0.620. The van der Waals surface area contributed by atoms with Gasteiger partial charge in [-0.05, 0) is 26.3 Å². The SMILES string of the molecule is Cc1cccc(CS(=O)(=O)N2CCNC(C)C2C)c1.Cl. The molecule has 0 aromatic heterocycles. The lowest BCUT2D eigenvalue weighted by molar-refractivity contribution is 0.232. The maximum atomic E-state index is 12.5. The molecule has 0 saturated carbocycles. The minimum atomic E-state index is -3.24. The summed E-state index contributed by atoms with van der Waals surface area (Å²) in [6.07, 6.45) is 0. The van der Waals surface area contributed by atoms with Crippen molar-refractivity contribution < 1.29 is 8.42 Å². The lowest BCUT2D eigenvalue weighted by atomic mass is 10.1. The first-order valence-electron chi connectivity index (χ1n) is 6.68. The molecule has 1 heterocycles.